The van der Waals surface area contributed by atoms with E-state index >= 15 is 0 Å². The van der Waals surface area contributed by atoms with E-state index in [2.05, 4.69) is 10.5 Å². The molecule has 8 heteroatoms. The lowest BCUT2D eigenvalue weighted by Gasteiger charge is -2.05. The molecule has 1 N–H and O–H groups in total. The van der Waals surface area contributed by atoms with Crippen molar-refractivity contribution < 1.29 is 9.72 Å². The van der Waals surface area contributed by atoms with Gasteiger partial charge >= 0.3 is 0 Å². The van der Waals surface area contributed by atoms with Crippen LogP contribution < -0.4 is 5.43 Å². The van der Waals surface area contributed by atoms with Gasteiger partial charge in [0.15, 0.2) is 0 Å². The predicted octanol–water partition coefficient (Wildman–Crippen LogP) is 3.21. The fourth-order valence-corrected chi connectivity index (χ4v) is 2.70. The number of benzene rings is 1. The monoisotopic (exact) mass is 340 g/mol. The minimum absolute atomic E-state index is 0.0318. The van der Waals surface area contributed by atoms with Crippen LogP contribution in [0, 0.1) is 10.1 Å². The summed E-state index contributed by atoms with van der Waals surface area (Å²) in [5, 5.41) is 16.5. The van der Waals surface area contributed by atoms with Gasteiger partial charge in [-0.3, -0.25) is 14.9 Å². The predicted molar refractivity (Wildman–Crippen MR) is 91.8 cm³/mol. The molecule has 1 amide bonds. The molecule has 24 heavy (non-hydrogen) atoms. The van der Waals surface area contributed by atoms with Crippen molar-refractivity contribution in [3.63, 3.8) is 0 Å². The van der Waals surface area contributed by atoms with Crippen LogP contribution in [0.4, 0.5) is 5.69 Å². The van der Waals surface area contributed by atoms with Crippen molar-refractivity contribution in [2.45, 2.75) is 0 Å². The highest BCUT2D eigenvalue weighted by molar-refractivity contribution is 7.12. The number of hydrogen-bond donors (Lipinski definition) is 1. The molecule has 0 aliphatic heterocycles. The van der Waals surface area contributed by atoms with Crippen molar-refractivity contribution in [3.8, 4) is 5.69 Å². The van der Waals surface area contributed by atoms with Crippen LogP contribution in [-0.4, -0.2) is 21.6 Å². The number of rotatable bonds is 5. The molecule has 2 heterocycles. The Hall–Kier alpha value is -3.26. The summed E-state index contributed by atoms with van der Waals surface area (Å²) in [6.45, 7) is 0. The molecule has 0 saturated heterocycles. The molecule has 0 spiro atoms. The zero-order valence-corrected chi connectivity index (χ0v) is 13.1. The van der Waals surface area contributed by atoms with Gasteiger partial charge in [0.1, 0.15) is 0 Å². The Balaban J connectivity index is 1.74. The van der Waals surface area contributed by atoms with E-state index in [1.807, 2.05) is 28.3 Å². The lowest BCUT2D eigenvalue weighted by atomic mass is 10.3. The molecule has 0 aliphatic carbocycles. The van der Waals surface area contributed by atoms with E-state index in [0.29, 0.717) is 4.88 Å². The molecule has 0 fully saturated rings. The van der Waals surface area contributed by atoms with Crippen LogP contribution in [0.5, 0.6) is 0 Å². The number of thiophene rings is 1. The summed E-state index contributed by atoms with van der Waals surface area (Å²) in [6.07, 6.45) is 3.33. The summed E-state index contributed by atoms with van der Waals surface area (Å²) in [6, 6.07) is 13.3. The minimum Gasteiger partial charge on any atom is -0.316 e. The van der Waals surface area contributed by atoms with Crippen molar-refractivity contribution in [2.24, 2.45) is 5.10 Å². The maximum absolute atomic E-state index is 11.8. The summed E-state index contributed by atoms with van der Waals surface area (Å²) in [5.41, 5.74) is 3.99. The van der Waals surface area contributed by atoms with Crippen LogP contribution in [0.1, 0.15) is 15.4 Å². The highest BCUT2D eigenvalue weighted by Crippen LogP contribution is 2.17. The minimum atomic E-state index is -0.443. The summed E-state index contributed by atoms with van der Waals surface area (Å²) in [5.74, 6) is -0.269. The lowest BCUT2D eigenvalue weighted by molar-refractivity contribution is -0.384. The van der Waals surface area contributed by atoms with Crippen molar-refractivity contribution in [3.05, 3.63) is 80.8 Å². The number of aromatic nitrogens is 1. The number of nitro groups is 1. The van der Waals surface area contributed by atoms with Crippen LogP contribution in [-0.2, 0) is 0 Å². The van der Waals surface area contributed by atoms with Crippen LogP contribution in [0.25, 0.3) is 5.69 Å². The molecule has 120 valence electrons. The largest absolute Gasteiger partial charge is 0.316 e. The van der Waals surface area contributed by atoms with Crippen LogP contribution >= 0.6 is 11.3 Å². The van der Waals surface area contributed by atoms with Crippen molar-refractivity contribution in [2.75, 3.05) is 0 Å². The normalized spacial score (nSPS) is 10.8. The van der Waals surface area contributed by atoms with E-state index in [4.69, 9.17) is 0 Å². The van der Waals surface area contributed by atoms with Gasteiger partial charge in [-0.25, -0.2) is 5.43 Å². The average molecular weight is 340 g/mol. The van der Waals surface area contributed by atoms with Gasteiger partial charge in [0.25, 0.3) is 11.6 Å². The van der Waals surface area contributed by atoms with Gasteiger partial charge in [-0.2, -0.15) is 5.10 Å². The molecule has 0 bridgehead atoms. The third-order valence-corrected chi connectivity index (χ3v) is 4.10. The van der Waals surface area contributed by atoms with Crippen LogP contribution in [0.2, 0.25) is 0 Å². The molecular formula is C16H12N4O3S. The van der Waals surface area contributed by atoms with Gasteiger partial charge in [-0.1, -0.05) is 6.07 Å². The van der Waals surface area contributed by atoms with E-state index in [1.165, 1.54) is 29.7 Å². The summed E-state index contributed by atoms with van der Waals surface area (Å²) in [7, 11) is 0. The van der Waals surface area contributed by atoms with Gasteiger partial charge < -0.3 is 4.57 Å². The maximum Gasteiger partial charge on any atom is 0.281 e. The first-order chi connectivity index (χ1) is 11.6. The molecule has 7 nitrogen and oxygen atoms in total. The van der Waals surface area contributed by atoms with Gasteiger partial charge in [0.2, 0.25) is 0 Å². The number of amides is 1. The van der Waals surface area contributed by atoms with Gasteiger partial charge in [0, 0.05) is 24.0 Å². The number of hydrogen-bond acceptors (Lipinski definition) is 5. The van der Waals surface area contributed by atoms with E-state index in [1.54, 1.807) is 24.3 Å². The Kier molecular flexibility index (Phi) is 4.48. The molecule has 2 aromatic heterocycles. The quantitative estimate of drug-likeness (QED) is 0.439. The van der Waals surface area contributed by atoms with Gasteiger partial charge in [0.05, 0.1) is 21.7 Å². The molecular weight excluding hydrogens is 328 g/mol. The Bertz CT molecular complexity index is 882. The van der Waals surface area contributed by atoms with Crippen molar-refractivity contribution >= 4 is 29.1 Å². The molecule has 0 unspecified atom stereocenters. The fraction of sp³-hybridized carbons (Fsp3) is 0. The molecule has 0 atom stereocenters. The number of carbonyl (C=O) groups is 1. The third-order valence-electron chi connectivity index (χ3n) is 3.23. The maximum atomic E-state index is 11.8. The lowest BCUT2D eigenvalue weighted by Crippen LogP contribution is -2.16. The molecule has 3 aromatic rings. The van der Waals surface area contributed by atoms with Crippen molar-refractivity contribution in [1.29, 1.82) is 0 Å². The van der Waals surface area contributed by atoms with E-state index in [9.17, 15) is 14.9 Å². The highest BCUT2D eigenvalue weighted by atomic mass is 32.1. The standard InChI is InChI=1S/C16H12N4O3S/c21-16(15-4-2-10-24-15)18-17-11-14-3-1-9-19(14)12-5-7-13(8-6-12)20(22)23/h1-11H,(H,18,21)/b17-11-. The first kappa shape index (κ1) is 15.6. The number of carbonyl (C=O) groups excluding carboxylic acids is 1. The average Bonchev–Trinajstić information content (AvgIpc) is 3.26. The smallest absolute Gasteiger partial charge is 0.281 e. The molecule has 0 saturated carbocycles. The van der Waals surface area contributed by atoms with E-state index in [-0.39, 0.29) is 11.6 Å². The first-order valence-electron chi connectivity index (χ1n) is 6.94. The van der Waals surface area contributed by atoms with Crippen LogP contribution in [0.3, 0.4) is 0 Å². The Morgan fingerprint density at radius 1 is 1.21 bits per heavy atom. The van der Waals surface area contributed by atoms with Crippen LogP contribution in [0.15, 0.2) is 65.2 Å². The Labute approximate surface area is 141 Å². The number of non-ortho nitro benzene ring substituents is 1. The van der Waals surface area contributed by atoms with Gasteiger partial charge in [-0.15, -0.1) is 11.3 Å². The summed E-state index contributed by atoms with van der Waals surface area (Å²) < 4.78 is 1.81. The fourth-order valence-electron chi connectivity index (χ4n) is 2.09. The van der Waals surface area contributed by atoms with Crippen molar-refractivity contribution in [1.82, 2.24) is 9.99 Å². The second kappa shape index (κ2) is 6.88. The number of hydrazone groups is 1. The molecule has 0 aliphatic rings. The number of nitrogens with zero attached hydrogens (tertiary/aromatic N) is 3. The zero-order chi connectivity index (χ0) is 16.9. The molecule has 0 radical (unpaired) electrons. The van der Waals surface area contributed by atoms with E-state index < -0.39 is 4.92 Å². The summed E-state index contributed by atoms with van der Waals surface area (Å²) >= 11 is 1.34. The number of nitrogens with one attached hydrogen (secondary N) is 1. The highest BCUT2D eigenvalue weighted by Gasteiger charge is 2.07. The number of nitro benzene ring substituents is 1. The zero-order valence-electron chi connectivity index (χ0n) is 12.3. The molecule has 1 aromatic carbocycles. The van der Waals surface area contributed by atoms with E-state index in [0.717, 1.165) is 11.4 Å². The second-order valence-electron chi connectivity index (χ2n) is 4.75. The first-order valence-corrected chi connectivity index (χ1v) is 7.82. The Morgan fingerprint density at radius 3 is 2.67 bits per heavy atom. The van der Waals surface area contributed by atoms with Gasteiger partial charge in [-0.05, 0) is 35.7 Å². The second-order valence-corrected chi connectivity index (χ2v) is 5.70. The third kappa shape index (κ3) is 3.39. The summed E-state index contributed by atoms with van der Waals surface area (Å²) in [4.78, 5) is 22.7. The molecule has 3 rings (SSSR count). The topological polar surface area (TPSA) is 89.5 Å². The Morgan fingerprint density at radius 2 is 2.00 bits per heavy atom. The SMILES string of the molecule is O=C(N/N=C\c1cccn1-c1ccc([N+](=O)[O-])cc1)c1cccs1.